The molecule has 0 aliphatic carbocycles. The Bertz CT molecular complexity index is 421. The van der Waals surface area contributed by atoms with Crippen molar-refractivity contribution in [1.29, 1.82) is 0 Å². The van der Waals surface area contributed by atoms with E-state index in [0.717, 1.165) is 18.6 Å². The van der Waals surface area contributed by atoms with Crippen molar-refractivity contribution in [3.8, 4) is 5.75 Å². The van der Waals surface area contributed by atoms with Crippen molar-refractivity contribution in [2.24, 2.45) is 0 Å². The van der Waals surface area contributed by atoms with Gasteiger partial charge in [0.25, 0.3) is 0 Å². The van der Waals surface area contributed by atoms with Crippen molar-refractivity contribution in [2.75, 3.05) is 7.05 Å². The summed E-state index contributed by atoms with van der Waals surface area (Å²) in [6, 6.07) is 9.74. The van der Waals surface area contributed by atoms with Gasteiger partial charge in [-0.05, 0) is 50.4 Å². The third-order valence-corrected chi connectivity index (χ3v) is 4.85. The number of fused-ring (bicyclic) bond motifs is 2. The van der Waals surface area contributed by atoms with Gasteiger partial charge in [0.2, 0.25) is 0 Å². The van der Waals surface area contributed by atoms with Gasteiger partial charge in [-0.15, -0.1) is 0 Å². The summed E-state index contributed by atoms with van der Waals surface area (Å²) < 4.78 is 0. The lowest BCUT2D eigenvalue weighted by atomic mass is 9.82. The standard InChI is InChI=1S/C16H24N2O/c1-18-14-5-3-6-15(18)10-13(9-14)17-11-12-4-2-7-16(19)8-12/h2,4,7-8,13-15,17,19H,3,5-6,9-11H2,1H3. The summed E-state index contributed by atoms with van der Waals surface area (Å²) in [7, 11) is 2.29. The van der Waals surface area contributed by atoms with E-state index in [4.69, 9.17) is 0 Å². The molecular weight excluding hydrogens is 236 g/mol. The zero-order chi connectivity index (χ0) is 13.2. The van der Waals surface area contributed by atoms with Gasteiger partial charge < -0.3 is 15.3 Å². The molecule has 2 fully saturated rings. The molecule has 2 atom stereocenters. The molecule has 3 rings (SSSR count). The monoisotopic (exact) mass is 260 g/mol. The number of aromatic hydroxyl groups is 1. The van der Waals surface area contributed by atoms with E-state index in [2.05, 4.69) is 23.3 Å². The fraction of sp³-hybridized carbons (Fsp3) is 0.625. The molecule has 0 spiro atoms. The van der Waals surface area contributed by atoms with Gasteiger partial charge >= 0.3 is 0 Å². The predicted octanol–water partition coefficient (Wildman–Crippen LogP) is 2.50. The van der Waals surface area contributed by atoms with Crippen molar-refractivity contribution < 1.29 is 5.11 Å². The number of hydrogen-bond acceptors (Lipinski definition) is 3. The lowest BCUT2D eigenvalue weighted by molar-refractivity contribution is 0.0482. The molecule has 0 amide bonds. The Balaban J connectivity index is 1.56. The van der Waals surface area contributed by atoms with Gasteiger partial charge in [-0.3, -0.25) is 0 Å². The Morgan fingerprint density at radius 1 is 1.26 bits per heavy atom. The van der Waals surface area contributed by atoms with Gasteiger partial charge in [0.1, 0.15) is 5.75 Å². The number of rotatable bonds is 3. The summed E-state index contributed by atoms with van der Waals surface area (Å²) >= 11 is 0. The summed E-state index contributed by atoms with van der Waals surface area (Å²) in [5.74, 6) is 0.361. The molecule has 3 nitrogen and oxygen atoms in total. The normalized spacial score (nSPS) is 31.3. The van der Waals surface area contributed by atoms with Crippen molar-refractivity contribution >= 4 is 0 Å². The summed E-state index contributed by atoms with van der Waals surface area (Å²) in [6.45, 7) is 0.863. The molecule has 0 aromatic heterocycles. The molecule has 2 saturated heterocycles. The van der Waals surface area contributed by atoms with Crippen molar-refractivity contribution in [2.45, 2.75) is 56.8 Å². The predicted molar refractivity (Wildman–Crippen MR) is 77.2 cm³/mol. The van der Waals surface area contributed by atoms with Crippen LogP contribution >= 0.6 is 0 Å². The minimum Gasteiger partial charge on any atom is -0.508 e. The van der Waals surface area contributed by atoms with Crippen LogP contribution in [0, 0.1) is 0 Å². The third-order valence-electron chi connectivity index (χ3n) is 4.85. The highest BCUT2D eigenvalue weighted by atomic mass is 16.3. The molecule has 2 N–H and O–H groups in total. The molecule has 2 heterocycles. The minimum absolute atomic E-state index is 0.361. The van der Waals surface area contributed by atoms with Gasteiger partial charge in [0.05, 0.1) is 0 Å². The lowest BCUT2D eigenvalue weighted by Crippen LogP contribution is -2.54. The molecule has 0 radical (unpaired) electrons. The molecule has 104 valence electrons. The summed E-state index contributed by atoms with van der Waals surface area (Å²) in [4.78, 5) is 2.59. The van der Waals surface area contributed by atoms with E-state index in [-0.39, 0.29) is 0 Å². The molecule has 2 aliphatic heterocycles. The number of nitrogens with one attached hydrogen (secondary N) is 1. The van der Waals surface area contributed by atoms with Crippen LogP contribution in [0.3, 0.4) is 0 Å². The summed E-state index contributed by atoms with van der Waals surface area (Å²) in [5.41, 5.74) is 1.17. The lowest BCUT2D eigenvalue weighted by Gasteiger charge is -2.47. The number of phenols is 1. The van der Waals surface area contributed by atoms with E-state index in [1.165, 1.54) is 37.7 Å². The number of benzene rings is 1. The van der Waals surface area contributed by atoms with Crippen LogP contribution in [0.1, 0.15) is 37.7 Å². The smallest absolute Gasteiger partial charge is 0.115 e. The van der Waals surface area contributed by atoms with E-state index in [0.29, 0.717) is 11.8 Å². The van der Waals surface area contributed by atoms with Crippen LogP contribution < -0.4 is 5.32 Å². The molecule has 2 bridgehead atoms. The maximum absolute atomic E-state index is 9.48. The molecule has 2 unspecified atom stereocenters. The number of phenolic OH excluding ortho intramolecular Hbond substituents is 1. The van der Waals surface area contributed by atoms with Crippen molar-refractivity contribution in [1.82, 2.24) is 10.2 Å². The highest BCUT2D eigenvalue weighted by molar-refractivity contribution is 5.27. The van der Waals surface area contributed by atoms with E-state index < -0.39 is 0 Å². The molecule has 2 aliphatic rings. The van der Waals surface area contributed by atoms with Crippen molar-refractivity contribution in [3.05, 3.63) is 29.8 Å². The van der Waals surface area contributed by atoms with Gasteiger partial charge in [0.15, 0.2) is 0 Å². The van der Waals surface area contributed by atoms with Gasteiger partial charge in [-0.2, -0.15) is 0 Å². The van der Waals surface area contributed by atoms with Crippen LogP contribution in [-0.2, 0) is 6.54 Å². The highest BCUT2D eigenvalue weighted by Gasteiger charge is 2.35. The fourth-order valence-corrected chi connectivity index (χ4v) is 3.71. The van der Waals surface area contributed by atoms with E-state index in [1.54, 1.807) is 6.07 Å². The number of piperidine rings is 2. The first-order valence-electron chi connectivity index (χ1n) is 7.45. The zero-order valence-electron chi connectivity index (χ0n) is 11.7. The van der Waals surface area contributed by atoms with E-state index >= 15 is 0 Å². The van der Waals surface area contributed by atoms with Crippen LogP contribution in [0.5, 0.6) is 5.75 Å². The molecule has 1 aromatic rings. The first kappa shape index (κ1) is 12.9. The van der Waals surface area contributed by atoms with Crippen molar-refractivity contribution in [3.63, 3.8) is 0 Å². The average Bonchev–Trinajstić information content (AvgIpc) is 2.37. The number of hydrogen-bond donors (Lipinski definition) is 2. The average molecular weight is 260 g/mol. The maximum Gasteiger partial charge on any atom is 0.115 e. The zero-order valence-corrected chi connectivity index (χ0v) is 11.7. The SMILES string of the molecule is CN1C2CCCC1CC(NCc1cccc(O)c1)C2. The van der Waals surface area contributed by atoms with Crippen LogP contribution in [-0.4, -0.2) is 35.2 Å². The highest BCUT2D eigenvalue weighted by Crippen LogP contribution is 2.32. The summed E-state index contributed by atoms with van der Waals surface area (Å²) in [6.07, 6.45) is 6.66. The maximum atomic E-state index is 9.48. The Morgan fingerprint density at radius 3 is 2.68 bits per heavy atom. The molecule has 0 saturated carbocycles. The van der Waals surface area contributed by atoms with Crippen LogP contribution in [0.2, 0.25) is 0 Å². The van der Waals surface area contributed by atoms with E-state index in [1.807, 2.05) is 12.1 Å². The topological polar surface area (TPSA) is 35.5 Å². The second-order valence-electron chi connectivity index (χ2n) is 6.12. The first-order chi connectivity index (χ1) is 9.22. The van der Waals surface area contributed by atoms with E-state index in [9.17, 15) is 5.11 Å². The molecule has 1 aromatic carbocycles. The van der Waals surface area contributed by atoms with Gasteiger partial charge in [0, 0.05) is 24.7 Å². The molecule has 19 heavy (non-hydrogen) atoms. The number of nitrogens with zero attached hydrogens (tertiary/aromatic N) is 1. The third kappa shape index (κ3) is 2.93. The van der Waals surface area contributed by atoms with Crippen LogP contribution in [0.4, 0.5) is 0 Å². The Labute approximate surface area is 115 Å². The Morgan fingerprint density at radius 2 is 2.00 bits per heavy atom. The second kappa shape index (κ2) is 5.51. The Hall–Kier alpha value is -1.06. The molecular formula is C16H24N2O. The summed E-state index contributed by atoms with van der Waals surface area (Å²) in [5, 5.41) is 13.2. The quantitative estimate of drug-likeness (QED) is 0.876. The first-order valence-corrected chi connectivity index (χ1v) is 7.45. The fourth-order valence-electron chi connectivity index (χ4n) is 3.71. The van der Waals surface area contributed by atoms with Crippen LogP contribution in [0.25, 0.3) is 0 Å². The minimum atomic E-state index is 0.361. The van der Waals surface area contributed by atoms with Gasteiger partial charge in [-0.25, -0.2) is 0 Å². The molecule has 3 heteroatoms. The second-order valence-corrected chi connectivity index (χ2v) is 6.12. The largest absolute Gasteiger partial charge is 0.508 e. The Kier molecular flexibility index (Phi) is 3.76. The van der Waals surface area contributed by atoms with Gasteiger partial charge in [-0.1, -0.05) is 18.6 Å². The van der Waals surface area contributed by atoms with Crippen LogP contribution in [0.15, 0.2) is 24.3 Å².